The lowest BCUT2D eigenvalue weighted by Crippen LogP contribution is -1.93. The molecule has 4 heteroatoms. The Morgan fingerprint density at radius 2 is 1.69 bits per heavy atom. The van der Waals surface area contributed by atoms with E-state index in [1.807, 2.05) is 12.1 Å². The lowest BCUT2D eigenvalue weighted by atomic mass is 10.3. The molecule has 0 aliphatic rings. The average molecular weight is 176 g/mol. The number of hydrogen-bond donors (Lipinski definition) is 2. The molecule has 2 rings (SSSR count). The SMILES string of the molecule is OCc1nc2ccccc2nc1O. The summed E-state index contributed by atoms with van der Waals surface area (Å²) in [5.74, 6) is -0.207. The van der Waals surface area contributed by atoms with Crippen LogP contribution in [0, 0.1) is 0 Å². The van der Waals surface area contributed by atoms with Crippen LogP contribution in [0.5, 0.6) is 5.88 Å². The van der Waals surface area contributed by atoms with Gasteiger partial charge in [-0.05, 0) is 12.1 Å². The molecule has 0 fully saturated rings. The molecule has 0 radical (unpaired) electrons. The van der Waals surface area contributed by atoms with Crippen LogP contribution in [0.4, 0.5) is 0 Å². The van der Waals surface area contributed by atoms with Gasteiger partial charge in [-0.1, -0.05) is 12.1 Å². The maximum Gasteiger partial charge on any atom is 0.236 e. The molecule has 0 aliphatic heterocycles. The molecule has 66 valence electrons. The minimum atomic E-state index is -0.302. The molecule has 0 saturated heterocycles. The van der Waals surface area contributed by atoms with Crippen molar-refractivity contribution in [1.29, 1.82) is 0 Å². The molecular formula is C9H8N2O2. The molecule has 0 aliphatic carbocycles. The number of para-hydroxylation sites is 2. The van der Waals surface area contributed by atoms with E-state index in [0.29, 0.717) is 11.0 Å². The van der Waals surface area contributed by atoms with Crippen molar-refractivity contribution in [3.05, 3.63) is 30.0 Å². The molecule has 1 aromatic carbocycles. The number of benzene rings is 1. The molecule has 2 aromatic rings. The minimum Gasteiger partial charge on any atom is -0.492 e. The summed E-state index contributed by atoms with van der Waals surface area (Å²) in [7, 11) is 0. The second kappa shape index (κ2) is 2.99. The number of aromatic hydroxyl groups is 1. The third-order valence-electron chi connectivity index (χ3n) is 1.77. The van der Waals surface area contributed by atoms with Gasteiger partial charge < -0.3 is 10.2 Å². The average Bonchev–Trinajstić information content (AvgIpc) is 2.17. The first-order valence-corrected chi connectivity index (χ1v) is 3.87. The summed E-state index contributed by atoms with van der Waals surface area (Å²) in [5.41, 5.74) is 1.50. The molecule has 4 nitrogen and oxygen atoms in total. The van der Waals surface area contributed by atoms with Crippen LogP contribution in [0.1, 0.15) is 5.69 Å². The Labute approximate surface area is 74.5 Å². The summed E-state index contributed by atoms with van der Waals surface area (Å²) in [6.07, 6.45) is 0. The lowest BCUT2D eigenvalue weighted by Gasteiger charge is -2.01. The largest absolute Gasteiger partial charge is 0.492 e. The van der Waals surface area contributed by atoms with E-state index in [1.54, 1.807) is 12.1 Å². The van der Waals surface area contributed by atoms with E-state index in [1.165, 1.54) is 0 Å². The maximum absolute atomic E-state index is 9.27. The quantitative estimate of drug-likeness (QED) is 0.675. The van der Waals surface area contributed by atoms with Crippen molar-refractivity contribution in [2.75, 3.05) is 0 Å². The van der Waals surface area contributed by atoms with Crippen molar-refractivity contribution >= 4 is 11.0 Å². The van der Waals surface area contributed by atoms with E-state index in [-0.39, 0.29) is 18.2 Å². The van der Waals surface area contributed by atoms with E-state index >= 15 is 0 Å². The molecule has 0 atom stereocenters. The molecule has 0 spiro atoms. The Bertz CT molecular complexity index is 443. The van der Waals surface area contributed by atoms with E-state index in [9.17, 15) is 5.11 Å². The minimum absolute atomic E-state index is 0.207. The van der Waals surface area contributed by atoms with Crippen LogP contribution >= 0.6 is 0 Å². The van der Waals surface area contributed by atoms with Crippen LogP contribution in [-0.2, 0) is 6.61 Å². The number of fused-ring (bicyclic) bond motifs is 1. The third-order valence-corrected chi connectivity index (χ3v) is 1.77. The van der Waals surface area contributed by atoms with Crippen LogP contribution in [0.15, 0.2) is 24.3 Å². The molecule has 2 N–H and O–H groups in total. The number of aliphatic hydroxyl groups is 1. The van der Waals surface area contributed by atoms with Gasteiger partial charge in [0.2, 0.25) is 5.88 Å². The maximum atomic E-state index is 9.27. The van der Waals surface area contributed by atoms with E-state index in [4.69, 9.17) is 5.11 Å². The summed E-state index contributed by atoms with van der Waals surface area (Å²) in [6, 6.07) is 7.18. The highest BCUT2D eigenvalue weighted by molar-refractivity contribution is 5.74. The zero-order valence-corrected chi connectivity index (χ0v) is 6.81. The Morgan fingerprint density at radius 1 is 1.08 bits per heavy atom. The standard InChI is InChI=1S/C9H8N2O2/c12-5-8-9(13)11-7-4-2-1-3-6(7)10-8/h1-4,12H,5H2,(H,11,13). The van der Waals surface area contributed by atoms with Gasteiger partial charge in [-0.25, -0.2) is 9.97 Å². The number of hydrogen-bond acceptors (Lipinski definition) is 4. The van der Waals surface area contributed by atoms with Gasteiger partial charge in [0.15, 0.2) is 0 Å². The number of nitrogens with zero attached hydrogens (tertiary/aromatic N) is 2. The topological polar surface area (TPSA) is 66.2 Å². The van der Waals surface area contributed by atoms with Gasteiger partial charge in [0.05, 0.1) is 17.6 Å². The summed E-state index contributed by atoms with van der Waals surface area (Å²) in [6.45, 7) is -0.302. The molecular weight excluding hydrogens is 168 g/mol. The van der Waals surface area contributed by atoms with Gasteiger partial charge in [0.1, 0.15) is 5.69 Å². The van der Waals surface area contributed by atoms with Gasteiger partial charge in [-0.3, -0.25) is 0 Å². The number of aromatic nitrogens is 2. The van der Waals surface area contributed by atoms with Crippen molar-refractivity contribution in [1.82, 2.24) is 9.97 Å². The van der Waals surface area contributed by atoms with Crippen LogP contribution in [0.3, 0.4) is 0 Å². The lowest BCUT2D eigenvalue weighted by molar-refractivity contribution is 0.268. The van der Waals surface area contributed by atoms with Crippen LogP contribution in [0.2, 0.25) is 0 Å². The summed E-state index contributed by atoms with van der Waals surface area (Å²) in [5, 5.41) is 18.1. The normalized spacial score (nSPS) is 10.5. The number of rotatable bonds is 1. The molecule has 1 heterocycles. The van der Waals surface area contributed by atoms with E-state index < -0.39 is 0 Å². The monoisotopic (exact) mass is 176 g/mol. The zero-order valence-electron chi connectivity index (χ0n) is 6.81. The fourth-order valence-electron chi connectivity index (χ4n) is 1.13. The van der Waals surface area contributed by atoms with Crippen LogP contribution in [-0.4, -0.2) is 20.2 Å². The third kappa shape index (κ3) is 1.31. The highest BCUT2D eigenvalue weighted by atomic mass is 16.3. The summed E-state index contributed by atoms with van der Waals surface area (Å²) < 4.78 is 0. The fraction of sp³-hybridized carbons (Fsp3) is 0.111. The molecule has 0 amide bonds. The van der Waals surface area contributed by atoms with Crippen LogP contribution in [0.25, 0.3) is 11.0 Å². The summed E-state index contributed by atoms with van der Waals surface area (Å²) in [4.78, 5) is 7.91. The predicted molar refractivity (Wildman–Crippen MR) is 47.1 cm³/mol. The molecule has 0 unspecified atom stereocenters. The first kappa shape index (κ1) is 7.94. The Balaban J connectivity index is 2.74. The Kier molecular flexibility index (Phi) is 1.83. The van der Waals surface area contributed by atoms with Crippen molar-refractivity contribution in [2.45, 2.75) is 6.61 Å². The first-order valence-electron chi connectivity index (χ1n) is 3.87. The number of aliphatic hydroxyl groups excluding tert-OH is 1. The van der Waals surface area contributed by atoms with Gasteiger partial charge in [-0.15, -0.1) is 0 Å². The highest BCUT2D eigenvalue weighted by Crippen LogP contribution is 2.16. The highest BCUT2D eigenvalue weighted by Gasteiger charge is 2.04. The van der Waals surface area contributed by atoms with Crippen LogP contribution < -0.4 is 0 Å². The van der Waals surface area contributed by atoms with Crippen molar-refractivity contribution in [2.24, 2.45) is 0 Å². The Morgan fingerprint density at radius 3 is 2.31 bits per heavy atom. The second-order valence-electron chi connectivity index (χ2n) is 2.64. The molecule has 1 aromatic heterocycles. The van der Waals surface area contributed by atoms with E-state index in [0.717, 1.165) is 0 Å². The zero-order chi connectivity index (χ0) is 9.26. The smallest absolute Gasteiger partial charge is 0.236 e. The molecule has 0 bridgehead atoms. The second-order valence-corrected chi connectivity index (χ2v) is 2.64. The van der Waals surface area contributed by atoms with Crippen molar-refractivity contribution in [3.8, 4) is 5.88 Å². The van der Waals surface area contributed by atoms with Gasteiger partial charge in [0, 0.05) is 0 Å². The summed E-state index contributed by atoms with van der Waals surface area (Å²) >= 11 is 0. The molecule has 13 heavy (non-hydrogen) atoms. The Hall–Kier alpha value is -1.68. The van der Waals surface area contributed by atoms with Gasteiger partial charge in [-0.2, -0.15) is 0 Å². The van der Waals surface area contributed by atoms with Gasteiger partial charge >= 0.3 is 0 Å². The first-order chi connectivity index (χ1) is 6.31. The van der Waals surface area contributed by atoms with E-state index in [2.05, 4.69) is 9.97 Å². The molecule has 0 saturated carbocycles. The predicted octanol–water partition coefficient (Wildman–Crippen LogP) is 0.828. The van der Waals surface area contributed by atoms with Gasteiger partial charge in [0.25, 0.3) is 0 Å². The van der Waals surface area contributed by atoms with Crippen molar-refractivity contribution in [3.63, 3.8) is 0 Å². The fourth-order valence-corrected chi connectivity index (χ4v) is 1.13. The van der Waals surface area contributed by atoms with Crippen molar-refractivity contribution < 1.29 is 10.2 Å².